The third-order valence-corrected chi connectivity index (χ3v) is 7.87. The van der Waals surface area contributed by atoms with Crippen molar-refractivity contribution in [2.45, 2.75) is 98.5 Å². The van der Waals surface area contributed by atoms with E-state index in [1.807, 2.05) is 6.92 Å². The molecule has 0 aliphatic heterocycles. The van der Waals surface area contributed by atoms with Crippen molar-refractivity contribution in [3.8, 4) is 0 Å². The van der Waals surface area contributed by atoms with Crippen LogP contribution in [0.5, 0.6) is 0 Å². The number of aliphatic hydroxyl groups is 1. The predicted octanol–water partition coefficient (Wildman–Crippen LogP) is 5.62. The minimum absolute atomic E-state index is 0.0610. The van der Waals surface area contributed by atoms with E-state index in [2.05, 4.69) is 27.7 Å². The molecule has 0 spiro atoms. The number of aliphatic hydroxyl groups excluding tert-OH is 1. The van der Waals surface area contributed by atoms with E-state index in [4.69, 9.17) is 0 Å². The van der Waals surface area contributed by atoms with Gasteiger partial charge in [0.15, 0.2) is 0 Å². The molecule has 7 atom stereocenters. The summed E-state index contributed by atoms with van der Waals surface area (Å²) in [7, 11) is 0. The van der Waals surface area contributed by atoms with Crippen LogP contribution in [0.1, 0.15) is 92.4 Å². The van der Waals surface area contributed by atoms with E-state index in [0.29, 0.717) is 23.5 Å². The van der Waals surface area contributed by atoms with Crippen LogP contribution in [0.2, 0.25) is 0 Å². The van der Waals surface area contributed by atoms with E-state index >= 15 is 0 Å². The quantitative estimate of drug-likeness (QED) is 0.661. The lowest BCUT2D eigenvalue weighted by Crippen LogP contribution is -2.48. The van der Waals surface area contributed by atoms with Crippen LogP contribution < -0.4 is 0 Å². The van der Waals surface area contributed by atoms with Crippen LogP contribution in [0.4, 0.5) is 0 Å². The third-order valence-electron chi connectivity index (χ3n) is 7.87. The normalized spacial score (nSPS) is 42.6. The number of Topliss-reactive ketones (excluding diaryl/α,β-unsaturated/α-hetero) is 1. The Bertz CT molecular complexity index is 416. The highest BCUT2D eigenvalue weighted by molar-refractivity contribution is 5.78. The molecular formula is C22H40O2. The maximum absolute atomic E-state index is 12.2. The zero-order chi connectivity index (χ0) is 17.9. The Kier molecular flexibility index (Phi) is 6.93. The molecule has 1 N–H and O–H groups in total. The fourth-order valence-corrected chi connectivity index (χ4v) is 6.35. The molecule has 2 aliphatic carbocycles. The minimum atomic E-state index is -0.229. The fraction of sp³-hybridized carbons (Fsp3) is 0.955. The van der Waals surface area contributed by atoms with E-state index in [0.717, 1.165) is 43.9 Å². The van der Waals surface area contributed by atoms with Gasteiger partial charge in [0.1, 0.15) is 5.78 Å². The van der Waals surface area contributed by atoms with Gasteiger partial charge in [-0.1, -0.05) is 47.0 Å². The van der Waals surface area contributed by atoms with E-state index in [1.165, 1.54) is 25.7 Å². The van der Waals surface area contributed by atoms with Gasteiger partial charge >= 0.3 is 0 Å². The molecule has 2 rings (SSSR count). The Hall–Kier alpha value is -0.370. The molecule has 0 aromatic rings. The van der Waals surface area contributed by atoms with Gasteiger partial charge in [-0.15, -0.1) is 0 Å². The molecule has 7 unspecified atom stereocenters. The Morgan fingerprint density at radius 3 is 2.54 bits per heavy atom. The van der Waals surface area contributed by atoms with Gasteiger partial charge in [0.05, 0.1) is 6.10 Å². The molecule has 0 radical (unpaired) electrons. The maximum Gasteiger partial charge on any atom is 0.133 e. The molecule has 2 saturated carbocycles. The van der Waals surface area contributed by atoms with Crippen LogP contribution in [0.25, 0.3) is 0 Å². The molecule has 0 amide bonds. The number of carbonyl (C=O) groups is 1. The molecule has 24 heavy (non-hydrogen) atoms. The van der Waals surface area contributed by atoms with Crippen LogP contribution in [0.3, 0.4) is 0 Å². The summed E-state index contributed by atoms with van der Waals surface area (Å²) in [4.78, 5) is 12.2. The highest BCUT2D eigenvalue weighted by Crippen LogP contribution is 2.54. The molecule has 2 nitrogen and oxygen atoms in total. The largest absolute Gasteiger partial charge is 0.393 e. The van der Waals surface area contributed by atoms with Crippen LogP contribution in [-0.2, 0) is 4.79 Å². The zero-order valence-corrected chi connectivity index (χ0v) is 16.7. The van der Waals surface area contributed by atoms with E-state index in [9.17, 15) is 9.90 Å². The summed E-state index contributed by atoms with van der Waals surface area (Å²) in [5, 5.41) is 10.4. The van der Waals surface area contributed by atoms with Gasteiger partial charge in [-0.05, 0) is 67.6 Å². The maximum atomic E-state index is 12.2. The molecule has 0 aromatic carbocycles. The second-order valence-electron chi connectivity index (χ2n) is 9.11. The van der Waals surface area contributed by atoms with Gasteiger partial charge in [0, 0.05) is 12.8 Å². The Balaban J connectivity index is 2.22. The standard InChI is InChI=1S/C22H40O2/c1-6-9-17-14-18(24)10-8-11-20(17)19-12-13-22(5,16(4)23)21(7-2)15(19)3/h15-17,19-21,23H,6-14H2,1-5H3. The van der Waals surface area contributed by atoms with Crippen molar-refractivity contribution in [1.29, 1.82) is 0 Å². The second kappa shape index (κ2) is 8.34. The second-order valence-corrected chi connectivity index (χ2v) is 9.11. The first kappa shape index (κ1) is 19.9. The van der Waals surface area contributed by atoms with Crippen molar-refractivity contribution in [2.75, 3.05) is 0 Å². The molecule has 2 fully saturated rings. The Labute approximate surface area is 149 Å². The summed E-state index contributed by atoms with van der Waals surface area (Å²) in [6.07, 6.45) is 9.68. The first-order chi connectivity index (χ1) is 11.3. The van der Waals surface area contributed by atoms with Crippen LogP contribution >= 0.6 is 0 Å². The van der Waals surface area contributed by atoms with Crippen molar-refractivity contribution >= 4 is 5.78 Å². The number of ketones is 1. The monoisotopic (exact) mass is 336 g/mol. The number of carbonyl (C=O) groups excluding carboxylic acids is 1. The highest BCUT2D eigenvalue weighted by atomic mass is 16.3. The summed E-state index contributed by atoms with van der Waals surface area (Å²) in [6.45, 7) is 11.3. The van der Waals surface area contributed by atoms with Gasteiger partial charge < -0.3 is 5.11 Å². The fourth-order valence-electron chi connectivity index (χ4n) is 6.35. The van der Waals surface area contributed by atoms with Crippen LogP contribution in [0, 0.1) is 35.0 Å². The first-order valence-electron chi connectivity index (χ1n) is 10.5. The van der Waals surface area contributed by atoms with E-state index in [-0.39, 0.29) is 11.5 Å². The molecule has 0 aromatic heterocycles. The lowest BCUT2D eigenvalue weighted by molar-refractivity contribution is -0.120. The number of rotatable bonds is 5. The summed E-state index contributed by atoms with van der Waals surface area (Å²) in [5.41, 5.74) is 0.0610. The summed E-state index contributed by atoms with van der Waals surface area (Å²) in [5.74, 6) is 3.81. The van der Waals surface area contributed by atoms with Gasteiger partial charge in [-0.25, -0.2) is 0 Å². The van der Waals surface area contributed by atoms with Crippen molar-refractivity contribution in [3.63, 3.8) is 0 Å². The van der Waals surface area contributed by atoms with Gasteiger partial charge in [-0.3, -0.25) is 4.79 Å². The first-order valence-corrected chi connectivity index (χ1v) is 10.5. The zero-order valence-electron chi connectivity index (χ0n) is 16.7. The molecule has 0 bridgehead atoms. The van der Waals surface area contributed by atoms with Crippen molar-refractivity contribution < 1.29 is 9.90 Å². The minimum Gasteiger partial charge on any atom is -0.393 e. The lowest BCUT2D eigenvalue weighted by atomic mass is 9.53. The van der Waals surface area contributed by atoms with Gasteiger partial charge in [0.2, 0.25) is 0 Å². The summed E-state index contributed by atoms with van der Waals surface area (Å²) < 4.78 is 0. The topological polar surface area (TPSA) is 37.3 Å². The lowest BCUT2D eigenvalue weighted by Gasteiger charge is -2.53. The molecule has 0 saturated heterocycles. The van der Waals surface area contributed by atoms with Crippen molar-refractivity contribution in [1.82, 2.24) is 0 Å². The van der Waals surface area contributed by atoms with Crippen molar-refractivity contribution in [2.24, 2.45) is 35.0 Å². The average Bonchev–Trinajstić information content (AvgIpc) is 2.70. The highest BCUT2D eigenvalue weighted by Gasteiger charge is 2.49. The van der Waals surface area contributed by atoms with Gasteiger partial charge in [-0.2, -0.15) is 0 Å². The van der Waals surface area contributed by atoms with E-state index < -0.39 is 0 Å². The average molecular weight is 337 g/mol. The summed E-state index contributed by atoms with van der Waals surface area (Å²) in [6, 6.07) is 0. The molecule has 2 aliphatic rings. The van der Waals surface area contributed by atoms with Crippen LogP contribution in [-0.4, -0.2) is 17.0 Å². The Morgan fingerprint density at radius 1 is 1.25 bits per heavy atom. The molecule has 0 heterocycles. The SMILES string of the molecule is CCCC1CC(=O)CCCC1C1CCC(C)(C(C)O)C(CC)C1C. The Morgan fingerprint density at radius 2 is 1.96 bits per heavy atom. The smallest absolute Gasteiger partial charge is 0.133 e. The molecule has 2 heteroatoms. The summed E-state index contributed by atoms with van der Waals surface area (Å²) >= 11 is 0. The predicted molar refractivity (Wildman–Crippen MR) is 101 cm³/mol. The third kappa shape index (κ3) is 3.89. The number of hydrogen-bond acceptors (Lipinski definition) is 2. The van der Waals surface area contributed by atoms with Crippen molar-refractivity contribution in [3.05, 3.63) is 0 Å². The molecular weight excluding hydrogens is 296 g/mol. The van der Waals surface area contributed by atoms with Gasteiger partial charge in [0.25, 0.3) is 0 Å². The number of hydrogen-bond donors (Lipinski definition) is 1. The van der Waals surface area contributed by atoms with E-state index in [1.54, 1.807) is 0 Å². The molecule has 140 valence electrons. The van der Waals surface area contributed by atoms with Crippen LogP contribution in [0.15, 0.2) is 0 Å².